The van der Waals surface area contributed by atoms with Crippen LogP contribution in [-0.2, 0) is 6.54 Å². The van der Waals surface area contributed by atoms with Gasteiger partial charge in [0.1, 0.15) is 11.6 Å². The highest BCUT2D eigenvalue weighted by molar-refractivity contribution is 5.84. The molecule has 6 heteroatoms. The summed E-state index contributed by atoms with van der Waals surface area (Å²) < 4.78 is 5.16. The lowest BCUT2D eigenvalue weighted by Gasteiger charge is -2.04. The maximum atomic E-state index is 12.1. The van der Waals surface area contributed by atoms with Crippen molar-refractivity contribution in [1.29, 1.82) is 0 Å². The van der Waals surface area contributed by atoms with Crippen molar-refractivity contribution in [2.24, 2.45) is 5.73 Å². The van der Waals surface area contributed by atoms with Gasteiger partial charge in [0.25, 0.3) is 5.56 Å². The second-order valence-electron chi connectivity index (χ2n) is 4.65. The average Bonchev–Trinajstić information content (AvgIpc) is 2.78. The topological polar surface area (TPSA) is 97.8 Å². The standard InChI is InChI=1S/C14H14N4O2/c1-7-13(8(2)20-18-7)9-3-4-11-10(5-9)14(19)17-12(6-15)16-11/h3-5H,6,15H2,1-2H3,(H,16,17,19). The molecule has 2 aromatic heterocycles. The number of H-pyrrole nitrogens is 1. The highest BCUT2D eigenvalue weighted by atomic mass is 16.5. The lowest BCUT2D eigenvalue weighted by atomic mass is 10.0. The van der Waals surface area contributed by atoms with Gasteiger partial charge in [-0.05, 0) is 31.5 Å². The van der Waals surface area contributed by atoms with Gasteiger partial charge in [-0.15, -0.1) is 0 Å². The second kappa shape index (κ2) is 4.57. The van der Waals surface area contributed by atoms with Gasteiger partial charge in [0.05, 0.1) is 23.1 Å². The summed E-state index contributed by atoms with van der Waals surface area (Å²) in [5, 5.41) is 4.46. The molecular weight excluding hydrogens is 256 g/mol. The van der Waals surface area contributed by atoms with Crippen LogP contribution in [0.15, 0.2) is 27.5 Å². The fraction of sp³-hybridized carbons (Fsp3) is 0.214. The first-order valence-electron chi connectivity index (χ1n) is 6.26. The van der Waals surface area contributed by atoms with Gasteiger partial charge in [-0.1, -0.05) is 11.2 Å². The minimum absolute atomic E-state index is 0.191. The third-order valence-electron chi connectivity index (χ3n) is 3.27. The van der Waals surface area contributed by atoms with Gasteiger partial charge in [-0.3, -0.25) is 4.79 Å². The van der Waals surface area contributed by atoms with Crippen molar-refractivity contribution in [3.05, 3.63) is 45.8 Å². The zero-order valence-corrected chi connectivity index (χ0v) is 11.2. The molecule has 0 aliphatic carbocycles. The first kappa shape index (κ1) is 12.6. The van der Waals surface area contributed by atoms with Crippen molar-refractivity contribution in [2.75, 3.05) is 0 Å². The maximum Gasteiger partial charge on any atom is 0.258 e. The Balaban J connectivity index is 2.26. The zero-order valence-electron chi connectivity index (χ0n) is 11.2. The monoisotopic (exact) mass is 270 g/mol. The van der Waals surface area contributed by atoms with Crippen molar-refractivity contribution >= 4 is 10.9 Å². The third kappa shape index (κ3) is 1.90. The van der Waals surface area contributed by atoms with Gasteiger partial charge in [0, 0.05) is 5.56 Å². The third-order valence-corrected chi connectivity index (χ3v) is 3.27. The number of hydrogen-bond acceptors (Lipinski definition) is 5. The van der Waals surface area contributed by atoms with Gasteiger partial charge in [0.2, 0.25) is 0 Å². The molecule has 0 atom stereocenters. The Labute approximate surface area is 114 Å². The molecule has 2 heterocycles. The molecule has 0 spiro atoms. The molecule has 6 nitrogen and oxygen atoms in total. The van der Waals surface area contributed by atoms with Gasteiger partial charge in [0.15, 0.2) is 0 Å². The smallest absolute Gasteiger partial charge is 0.258 e. The zero-order chi connectivity index (χ0) is 14.3. The number of rotatable bonds is 2. The highest BCUT2D eigenvalue weighted by Gasteiger charge is 2.13. The molecule has 0 fully saturated rings. The van der Waals surface area contributed by atoms with Crippen LogP contribution in [0.2, 0.25) is 0 Å². The number of hydrogen-bond donors (Lipinski definition) is 2. The summed E-state index contributed by atoms with van der Waals surface area (Å²) in [6.07, 6.45) is 0. The van der Waals surface area contributed by atoms with Crippen LogP contribution in [0.5, 0.6) is 0 Å². The summed E-state index contributed by atoms with van der Waals surface area (Å²) in [6.45, 7) is 3.92. The van der Waals surface area contributed by atoms with Crippen molar-refractivity contribution < 1.29 is 4.52 Å². The first-order chi connectivity index (χ1) is 9.60. The Hall–Kier alpha value is -2.47. The number of nitrogens with one attached hydrogen (secondary N) is 1. The average molecular weight is 270 g/mol. The fourth-order valence-corrected chi connectivity index (χ4v) is 2.33. The number of fused-ring (bicyclic) bond motifs is 1. The summed E-state index contributed by atoms with van der Waals surface area (Å²) in [5.74, 6) is 1.21. The molecular formula is C14H14N4O2. The largest absolute Gasteiger partial charge is 0.361 e. The number of benzene rings is 1. The molecule has 3 rings (SSSR count). The van der Waals surface area contributed by atoms with E-state index < -0.39 is 0 Å². The molecule has 0 aliphatic rings. The van der Waals surface area contributed by atoms with Gasteiger partial charge in [-0.2, -0.15) is 0 Å². The predicted molar refractivity (Wildman–Crippen MR) is 75.2 cm³/mol. The molecule has 3 N–H and O–H groups in total. The summed E-state index contributed by atoms with van der Waals surface area (Å²) in [5.41, 5.74) is 8.54. The van der Waals surface area contributed by atoms with Crippen molar-refractivity contribution in [3.63, 3.8) is 0 Å². The molecule has 0 saturated heterocycles. The van der Waals surface area contributed by atoms with E-state index in [0.717, 1.165) is 22.6 Å². The summed E-state index contributed by atoms with van der Waals surface area (Å²) in [6, 6.07) is 5.51. The molecule has 1 aromatic carbocycles. The lowest BCUT2D eigenvalue weighted by molar-refractivity contribution is 0.393. The molecule has 102 valence electrons. The van der Waals surface area contributed by atoms with Crippen molar-refractivity contribution in [1.82, 2.24) is 15.1 Å². The van der Waals surface area contributed by atoms with Crippen LogP contribution in [0.1, 0.15) is 17.3 Å². The summed E-state index contributed by atoms with van der Waals surface area (Å²) >= 11 is 0. The van der Waals surface area contributed by atoms with E-state index in [1.54, 1.807) is 6.07 Å². The second-order valence-corrected chi connectivity index (χ2v) is 4.65. The Kier molecular flexibility index (Phi) is 2.87. The van der Waals surface area contributed by atoms with E-state index in [-0.39, 0.29) is 12.1 Å². The van der Waals surface area contributed by atoms with E-state index in [2.05, 4.69) is 15.1 Å². The molecule has 0 radical (unpaired) electrons. The number of aromatic nitrogens is 3. The van der Waals surface area contributed by atoms with E-state index in [1.807, 2.05) is 26.0 Å². The Morgan fingerprint density at radius 2 is 2.15 bits per heavy atom. The fourth-order valence-electron chi connectivity index (χ4n) is 2.33. The SMILES string of the molecule is Cc1noc(C)c1-c1ccc2nc(CN)[nH]c(=O)c2c1. The maximum absolute atomic E-state index is 12.1. The normalized spacial score (nSPS) is 11.2. The number of nitrogens with zero attached hydrogens (tertiary/aromatic N) is 2. The van der Waals surface area contributed by atoms with E-state index in [1.165, 1.54) is 0 Å². The van der Waals surface area contributed by atoms with Crippen LogP contribution < -0.4 is 11.3 Å². The number of aromatic amines is 1. The van der Waals surface area contributed by atoms with Gasteiger partial charge < -0.3 is 15.2 Å². The molecule has 0 unspecified atom stereocenters. The van der Waals surface area contributed by atoms with Crippen LogP contribution in [0.4, 0.5) is 0 Å². The quantitative estimate of drug-likeness (QED) is 0.738. The van der Waals surface area contributed by atoms with Crippen LogP contribution in [0.25, 0.3) is 22.0 Å². The van der Waals surface area contributed by atoms with Crippen LogP contribution in [-0.4, -0.2) is 15.1 Å². The Morgan fingerprint density at radius 1 is 1.35 bits per heavy atom. The molecule has 0 aliphatic heterocycles. The predicted octanol–water partition coefficient (Wildman–Crippen LogP) is 1.65. The number of nitrogens with two attached hydrogens (primary N) is 1. The summed E-state index contributed by atoms with van der Waals surface area (Å²) in [4.78, 5) is 19.0. The van der Waals surface area contributed by atoms with Crippen LogP contribution >= 0.6 is 0 Å². The molecule has 0 saturated carbocycles. The molecule has 0 bridgehead atoms. The van der Waals surface area contributed by atoms with Gasteiger partial charge in [-0.25, -0.2) is 4.98 Å². The van der Waals surface area contributed by atoms with Crippen LogP contribution in [0, 0.1) is 13.8 Å². The van der Waals surface area contributed by atoms with Crippen molar-refractivity contribution in [2.45, 2.75) is 20.4 Å². The van der Waals surface area contributed by atoms with E-state index >= 15 is 0 Å². The van der Waals surface area contributed by atoms with Crippen LogP contribution in [0.3, 0.4) is 0 Å². The van der Waals surface area contributed by atoms with E-state index in [4.69, 9.17) is 10.3 Å². The number of aryl methyl sites for hydroxylation is 2. The Morgan fingerprint density at radius 3 is 2.80 bits per heavy atom. The highest BCUT2D eigenvalue weighted by Crippen LogP contribution is 2.28. The molecule has 3 aromatic rings. The molecule has 0 amide bonds. The first-order valence-corrected chi connectivity index (χ1v) is 6.26. The lowest BCUT2D eigenvalue weighted by Crippen LogP contribution is -2.14. The van der Waals surface area contributed by atoms with E-state index in [0.29, 0.717) is 16.7 Å². The minimum Gasteiger partial charge on any atom is -0.361 e. The molecule has 20 heavy (non-hydrogen) atoms. The van der Waals surface area contributed by atoms with E-state index in [9.17, 15) is 4.79 Å². The van der Waals surface area contributed by atoms with Crippen molar-refractivity contribution in [3.8, 4) is 11.1 Å². The summed E-state index contributed by atoms with van der Waals surface area (Å²) in [7, 11) is 0. The van der Waals surface area contributed by atoms with Gasteiger partial charge >= 0.3 is 0 Å². The minimum atomic E-state index is -0.191. The Bertz CT molecular complexity index is 828.